The van der Waals surface area contributed by atoms with Gasteiger partial charge in [-0.25, -0.2) is 0 Å². The van der Waals surface area contributed by atoms with Gasteiger partial charge in [-0.05, 0) is 72.6 Å². The predicted octanol–water partition coefficient (Wildman–Crippen LogP) is 6.17. The Morgan fingerprint density at radius 3 is 2.60 bits per heavy atom. The molecular weight excluding hydrogens is 491 g/mol. The second-order valence-electron chi connectivity index (χ2n) is 6.59. The highest BCUT2D eigenvalue weighted by molar-refractivity contribution is 9.10. The second-order valence-corrected chi connectivity index (χ2v) is 8.28. The fourth-order valence-corrected chi connectivity index (χ4v) is 3.56. The van der Waals surface area contributed by atoms with Crippen molar-refractivity contribution in [3.8, 4) is 17.6 Å². The van der Waals surface area contributed by atoms with Crippen LogP contribution in [0.5, 0.6) is 11.5 Å². The van der Waals surface area contributed by atoms with Crippen LogP contribution < -0.4 is 14.8 Å². The van der Waals surface area contributed by atoms with Crippen LogP contribution in [0, 0.1) is 11.3 Å². The molecule has 2 rings (SSSR count). The first-order valence-corrected chi connectivity index (χ1v) is 10.8. The maximum absolute atomic E-state index is 12.2. The van der Waals surface area contributed by atoms with Crippen molar-refractivity contribution < 1.29 is 14.3 Å². The molecule has 0 aliphatic heterocycles. The third kappa shape index (κ3) is 6.66. The van der Waals surface area contributed by atoms with Crippen molar-refractivity contribution in [1.29, 1.82) is 5.26 Å². The number of hydrogen-bond acceptors (Lipinski definition) is 4. The standard InChI is InChI=1S/C22H21BrCl2N2O3/c1-4-29-20-9-14(7-16(11-26)22(28)27-13(2)3)8-18(23)21(20)30-12-15-5-6-17(24)10-19(15)25/h5-10,13H,4,12H2,1-3H3,(H,27,28)/b16-7-. The van der Waals surface area contributed by atoms with Crippen LogP contribution in [0.1, 0.15) is 31.9 Å². The van der Waals surface area contributed by atoms with Crippen LogP contribution in [-0.4, -0.2) is 18.6 Å². The molecule has 158 valence electrons. The van der Waals surface area contributed by atoms with Crippen molar-refractivity contribution in [3.63, 3.8) is 0 Å². The molecule has 0 aliphatic rings. The Morgan fingerprint density at radius 2 is 2.00 bits per heavy atom. The lowest BCUT2D eigenvalue weighted by Gasteiger charge is -2.15. The average molecular weight is 512 g/mol. The fourth-order valence-electron chi connectivity index (χ4n) is 2.52. The number of nitrogens with one attached hydrogen (secondary N) is 1. The van der Waals surface area contributed by atoms with Crippen LogP contribution in [0.25, 0.3) is 6.08 Å². The summed E-state index contributed by atoms with van der Waals surface area (Å²) in [5.41, 5.74) is 1.40. The molecule has 8 heteroatoms. The van der Waals surface area contributed by atoms with Gasteiger partial charge in [0, 0.05) is 21.7 Å². The molecule has 0 unspecified atom stereocenters. The molecule has 2 aromatic rings. The van der Waals surface area contributed by atoms with E-state index in [1.54, 1.807) is 30.3 Å². The largest absolute Gasteiger partial charge is 0.490 e. The zero-order valence-electron chi connectivity index (χ0n) is 16.8. The van der Waals surface area contributed by atoms with Crippen molar-refractivity contribution in [3.05, 3.63) is 61.5 Å². The number of ether oxygens (including phenoxy) is 2. The number of carbonyl (C=O) groups excluding carboxylic acids is 1. The third-order valence-corrected chi connectivity index (χ3v) is 4.99. The van der Waals surface area contributed by atoms with E-state index in [1.165, 1.54) is 6.08 Å². The summed E-state index contributed by atoms with van der Waals surface area (Å²) in [5.74, 6) is 0.536. The van der Waals surface area contributed by atoms with Gasteiger partial charge in [-0.3, -0.25) is 4.79 Å². The number of hydrogen-bond donors (Lipinski definition) is 1. The smallest absolute Gasteiger partial charge is 0.262 e. The van der Waals surface area contributed by atoms with Gasteiger partial charge in [0.05, 0.1) is 11.1 Å². The number of amides is 1. The molecule has 0 spiro atoms. The van der Waals surface area contributed by atoms with E-state index in [4.69, 9.17) is 32.7 Å². The van der Waals surface area contributed by atoms with E-state index in [-0.39, 0.29) is 18.2 Å². The Hall–Kier alpha value is -2.20. The molecule has 30 heavy (non-hydrogen) atoms. The van der Waals surface area contributed by atoms with Gasteiger partial charge >= 0.3 is 0 Å². The number of nitriles is 1. The lowest BCUT2D eigenvalue weighted by Crippen LogP contribution is -2.30. The summed E-state index contributed by atoms with van der Waals surface area (Å²) in [6.45, 7) is 6.14. The van der Waals surface area contributed by atoms with Crippen molar-refractivity contribution in [1.82, 2.24) is 5.32 Å². The Morgan fingerprint density at radius 1 is 1.27 bits per heavy atom. The molecule has 0 heterocycles. The molecule has 0 fully saturated rings. The van der Waals surface area contributed by atoms with Gasteiger partial charge in [0.15, 0.2) is 11.5 Å². The van der Waals surface area contributed by atoms with E-state index in [0.29, 0.717) is 38.2 Å². The average Bonchev–Trinajstić information content (AvgIpc) is 2.66. The van der Waals surface area contributed by atoms with Gasteiger partial charge in [0.2, 0.25) is 0 Å². The first kappa shape index (κ1) is 24.1. The second kappa shape index (κ2) is 11.3. The highest BCUT2D eigenvalue weighted by Gasteiger charge is 2.15. The van der Waals surface area contributed by atoms with Gasteiger partial charge in [-0.1, -0.05) is 29.3 Å². The van der Waals surface area contributed by atoms with Crippen LogP contribution >= 0.6 is 39.1 Å². The molecule has 0 aromatic heterocycles. The third-order valence-electron chi connectivity index (χ3n) is 3.81. The fraction of sp³-hybridized carbons (Fsp3) is 0.273. The molecule has 0 atom stereocenters. The van der Waals surface area contributed by atoms with E-state index in [0.717, 1.165) is 5.56 Å². The summed E-state index contributed by atoms with van der Waals surface area (Å²) in [6.07, 6.45) is 1.50. The Kier molecular flexibility index (Phi) is 9.04. The first-order valence-electron chi connectivity index (χ1n) is 9.20. The summed E-state index contributed by atoms with van der Waals surface area (Å²) < 4.78 is 12.3. The molecular formula is C22H21BrCl2N2O3. The zero-order valence-corrected chi connectivity index (χ0v) is 19.9. The molecule has 5 nitrogen and oxygen atoms in total. The number of nitrogens with zero attached hydrogens (tertiary/aromatic N) is 1. The van der Waals surface area contributed by atoms with E-state index in [1.807, 2.05) is 26.8 Å². The van der Waals surface area contributed by atoms with E-state index in [2.05, 4.69) is 21.2 Å². The van der Waals surface area contributed by atoms with Crippen LogP contribution in [0.15, 0.2) is 40.4 Å². The Balaban J connectivity index is 2.34. The van der Waals surface area contributed by atoms with Crippen LogP contribution in [0.4, 0.5) is 0 Å². The highest BCUT2D eigenvalue weighted by atomic mass is 79.9. The minimum atomic E-state index is -0.431. The summed E-state index contributed by atoms with van der Waals surface area (Å²) >= 11 is 15.6. The lowest BCUT2D eigenvalue weighted by atomic mass is 10.1. The highest BCUT2D eigenvalue weighted by Crippen LogP contribution is 2.38. The number of rotatable bonds is 8. The molecule has 0 bridgehead atoms. The van der Waals surface area contributed by atoms with Crippen LogP contribution in [-0.2, 0) is 11.4 Å². The topological polar surface area (TPSA) is 71.3 Å². The minimum Gasteiger partial charge on any atom is -0.490 e. The minimum absolute atomic E-state index is 0.000312. The molecule has 0 saturated carbocycles. The summed E-state index contributed by atoms with van der Waals surface area (Å²) in [6, 6.07) is 10.5. The van der Waals surface area contributed by atoms with Gasteiger partial charge in [0.1, 0.15) is 18.2 Å². The molecule has 0 aliphatic carbocycles. The molecule has 1 N–H and O–H groups in total. The lowest BCUT2D eigenvalue weighted by molar-refractivity contribution is -0.117. The summed E-state index contributed by atoms with van der Waals surface area (Å²) in [7, 11) is 0. The number of halogens is 3. The van der Waals surface area contributed by atoms with Gasteiger partial charge in [-0.15, -0.1) is 0 Å². The van der Waals surface area contributed by atoms with Crippen molar-refractivity contribution in [2.75, 3.05) is 6.61 Å². The van der Waals surface area contributed by atoms with Crippen molar-refractivity contribution in [2.45, 2.75) is 33.4 Å². The van der Waals surface area contributed by atoms with Gasteiger partial charge < -0.3 is 14.8 Å². The SMILES string of the molecule is CCOc1cc(/C=C(/C#N)C(=O)NC(C)C)cc(Br)c1OCc1ccc(Cl)cc1Cl. The summed E-state index contributed by atoms with van der Waals surface area (Å²) in [5, 5.41) is 13.1. The van der Waals surface area contributed by atoms with Gasteiger partial charge in [-0.2, -0.15) is 5.26 Å². The quantitative estimate of drug-likeness (QED) is 0.340. The molecule has 0 saturated heterocycles. The molecule has 0 radical (unpaired) electrons. The normalized spacial score (nSPS) is 11.2. The predicted molar refractivity (Wildman–Crippen MR) is 123 cm³/mol. The maximum atomic E-state index is 12.2. The van der Waals surface area contributed by atoms with E-state index < -0.39 is 5.91 Å². The Bertz CT molecular complexity index is 1000. The van der Waals surface area contributed by atoms with Gasteiger partial charge in [0.25, 0.3) is 5.91 Å². The maximum Gasteiger partial charge on any atom is 0.262 e. The van der Waals surface area contributed by atoms with Crippen molar-refractivity contribution >= 4 is 51.1 Å². The van der Waals surface area contributed by atoms with Crippen LogP contribution in [0.2, 0.25) is 10.0 Å². The zero-order chi connectivity index (χ0) is 22.3. The number of carbonyl (C=O) groups is 1. The number of benzene rings is 2. The van der Waals surface area contributed by atoms with Crippen LogP contribution in [0.3, 0.4) is 0 Å². The summed E-state index contributed by atoms with van der Waals surface area (Å²) in [4.78, 5) is 12.2. The van der Waals surface area contributed by atoms with E-state index >= 15 is 0 Å². The van der Waals surface area contributed by atoms with Crippen molar-refractivity contribution in [2.24, 2.45) is 0 Å². The molecule has 2 aromatic carbocycles. The molecule has 1 amide bonds. The Labute approximate surface area is 194 Å². The first-order chi connectivity index (χ1) is 14.2. The monoisotopic (exact) mass is 510 g/mol. The van der Waals surface area contributed by atoms with E-state index in [9.17, 15) is 10.1 Å².